The monoisotopic (exact) mass is 206 g/mol. The zero-order valence-corrected chi connectivity index (χ0v) is 9.03. The highest BCUT2D eigenvalue weighted by molar-refractivity contribution is 5.75. The molecule has 0 aromatic heterocycles. The molecule has 1 aromatic carbocycles. The number of nitrogens with zero attached hydrogens (tertiary/aromatic N) is 1. The summed E-state index contributed by atoms with van der Waals surface area (Å²) in [6, 6.07) is 8.57. The summed E-state index contributed by atoms with van der Waals surface area (Å²) in [6.45, 7) is 2.89. The molecule has 0 radical (unpaired) electrons. The second kappa shape index (κ2) is 5.90. The van der Waals surface area contributed by atoms with Crippen molar-refractivity contribution in [1.29, 1.82) is 0 Å². The molecule has 15 heavy (non-hydrogen) atoms. The molecule has 0 aliphatic heterocycles. The smallest absolute Gasteiger partial charge is 0.208 e. The number of nitrogens with one attached hydrogen (secondary N) is 1. The Morgan fingerprint density at radius 1 is 1.20 bits per heavy atom. The van der Waals surface area contributed by atoms with Crippen LogP contribution in [0.4, 0.5) is 0 Å². The van der Waals surface area contributed by atoms with E-state index in [0.29, 0.717) is 0 Å². The summed E-state index contributed by atoms with van der Waals surface area (Å²) in [5, 5.41) is 3.70. The third-order valence-electron chi connectivity index (χ3n) is 2.16. The van der Waals surface area contributed by atoms with E-state index < -0.39 is 0 Å². The van der Waals surface area contributed by atoms with Crippen molar-refractivity contribution < 1.29 is 0 Å². The molecule has 4 nitrogen and oxygen atoms in total. The molecule has 0 spiro atoms. The second-order valence-electron chi connectivity index (χ2n) is 3.36. The first kappa shape index (κ1) is 11.4. The lowest BCUT2D eigenvalue weighted by molar-refractivity contribution is 0.728. The Morgan fingerprint density at radius 2 is 1.80 bits per heavy atom. The second-order valence-corrected chi connectivity index (χ2v) is 3.36. The summed E-state index contributed by atoms with van der Waals surface area (Å²) in [4.78, 5) is 0. The third kappa shape index (κ3) is 4.35. The number of hydrazone groups is 1. The van der Waals surface area contributed by atoms with E-state index in [4.69, 9.17) is 11.5 Å². The molecule has 0 amide bonds. The number of benzene rings is 1. The number of hydrogen-bond acceptors (Lipinski definition) is 2. The number of rotatable bonds is 5. The molecule has 0 aliphatic rings. The lowest BCUT2D eigenvalue weighted by Gasteiger charge is -2.03. The fraction of sp³-hybridized carbons (Fsp3) is 0.364. The molecular formula is C11H18N4. The fourth-order valence-corrected chi connectivity index (χ4v) is 1.29. The topological polar surface area (TPSA) is 76.4 Å². The van der Waals surface area contributed by atoms with Gasteiger partial charge in [-0.1, -0.05) is 31.2 Å². The van der Waals surface area contributed by atoms with Crippen LogP contribution in [-0.4, -0.2) is 12.5 Å². The van der Waals surface area contributed by atoms with Crippen molar-refractivity contribution in [3.05, 3.63) is 35.4 Å². The number of nitrogens with two attached hydrogens (primary N) is 2. The molecule has 82 valence electrons. The van der Waals surface area contributed by atoms with Gasteiger partial charge in [0.2, 0.25) is 5.96 Å². The molecule has 0 unspecified atom stereocenters. The zero-order chi connectivity index (χ0) is 11.1. The third-order valence-corrected chi connectivity index (χ3v) is 2.16. The van der Waals surface area contributed by atoms with E-state index in [1.54, 1.807) is 0 Å². The summed E-state index contributed by atoms with van der Waals surface area (Å²) in [7, 11) is 0. The lowest BCUT2D eigenvalue weighted by atomic mass is 10.1. The molecule has 0 aliphatic carbocycles. The van der Waals surface area contributed by atoms with Crippen molar-refractivity contribution >= 4 is 5.96 Å². The molecule has 0 heterocycles. The van der Waals surface area contributed by atoms with Crippen LogP contribution in [0.15, 0.2) is 29.4 Å². The van der Waals surface area contributed by atoms with Crippen molar-refractivity contribution in [2.45, 2.75) is 19.8 Å². The highest BCUT2D eigenvalue weighted by atomic mass is 15.3. The van der Waals surface area contributed by atoms with Gasteiger partial charge in [-0.3, -0.25) is 0 Å². The number of hydrogen-bond donors (Lipinski definition) is 3. The Bertz CT molecular complexity index is 312. The fourth-order valence-electron chi connectivity index (χ4n) is 1.29. The van der Waals surface area contributed by atoms with Crippen LogP contribution in [-0.2, 0) is 12.8 Å². The largest absolute Gasteiger partial charge is 0.369 e. The highest BCUT2D eigenvalue weighted by Crippen LogP contribution is 2.05. The van der Waals surface area contributed by atoms with Gasteiger partial charge in [-0.25, -0.2) is 0 Å². The predicted octanol–water partition coefficient (Wildman–Crippen LogP) is 0.570. The van der Waals surface area contributed by atoms with Crippen molar-refractivity contribution in [3.8, 4) is 0 Å². The summed E-state index contributed by atoms with van der Waals surface area (Å²) in [6.07, 6.45) is 1.99. The van der Waals surface area contributed by atoms with Gasteiger partial charge in [-0.2, -0.15) is 0 Å². The van der Waals surface area contributed by atoms with Crippen LogP contribution in [0.1, 0.15) is 18.1 Å². The van der Waals surface area contributed by atoms with Gasteiger partial charge in [0.25, 0.3) is 0 Å². The van der Waals surface area contributed by atoms with Crippen molar-refractivity contribution in [2.75, 3.05) is 6.54 Å². The molecule has 1 aromatic rings. The highest BCUT2D eigenvalue weighted by Gasteiger charge is 1.93. The van der Waals surface area contributed by atoms with E-state index >= 15 is 0 Å². The summed E-state index contributed by atoms with van der Waals surface area (Å²) in [5.74, 6) is 0.0660. The zero-order valence-electron chi connectivity index (χ0n) is 9.03. The van der Waals surface area contributed by atoms with Crippen LogP contribution in [0.2, 0.25) is 0 Å². The average molecular weight is 206 g/mol. The van der Waals surface area contributed by atoms with Crippen LogP contribution < -0.4 is 16.9 Å². The van der Waals surface area contributed by atoms with Gasteiger partial charge in [-0.05, 0) is 24.0 Å². The Balaban J connectivity index is 2.35. The lowest BCUT2D eigenvalue weighted by Crippen LogP contribution is -2.27. The molecule has 4 heteroatoms. The molecule has 0 saturated heterocycles. The molecular weight excluding hydrogens is 188 g/mol. The summed E-state index contributed by atoms with van der Waals surface area (Å²) in [5.41, 5.74) is 15.8. The summed E-state index contributed by atoms with van der Waals surface area (Å²) >= 11 is 0. The van der Waals surface area contributed by atoms with E-state index in [2.05, 4.69) is 41.7 Å². The molecule has 0 fully saturated rings. The van der Waals surface area contributed by atoms with E-state index in [1.807, 2.05) is 0 Å². The molecule has 0 bridgehead atoms. The van der Waals surface area contributed by atoms with E-state index in [0.717, 1.165) is 19.4 Å². The standard InChI is InChI=1S/C11H18N4/c1-2-9-3-5-10(6-4-9)7-8-14-15-11(12)13/h3-6,14H,2,7-8H2,1H3,(H4,12,13,15). The minimum absolute atomic E-state index is 0.0660. The summed E-state index contributed by atoms with van der Waals surface area (Å²) < 4.78 is 0. The van der Waals surface area contributed by atoms with E-state index in [9.17, 15) is 0 Å². The van der Waals surface area contributed by atoms with Crippen LogP contribution >= 0.6 is 0 Å². The van der Waals surface area contributed by atoms with Crippen LogP contribution in [0.5, 0.6) is 0 Å². The van der Waals surface area contributed by atoms with E-state index in [1.165, 1.54) is 11.1 Å². The quantitative estimate of drug-likeness (QED) is 0.285. The Kier molecular flexibility index (Phi) is 4.47. The molecule has 0 atom stereocenters. The predicted molar refractivity (Wildman–Crippen MR) is 63.3 cm³/mol. The molecule has 5 N–H and O–H groups in total. The maximum Gasteiger partial charge on any atom is 0.208 e. The van der Waals surface area contributed by atoms with Crippen LogP contribution in [0.3, 0.4) is 0 Å². The maximum absolute atomic E-state index is 5.18. The average Bonchev–Trinajstić information content (AvgIpc) is 2.25. The molecule has 1 rings (SSSR count). The van der Waals surface area contributed by atoms with Crippen molar-refractivity contribution in [2.24, 2.45) is 16.6 Å². The number of guanidine groups is 1. The van der Waals surface area contributed by atoms with Crippen LogP contribution in [0, 0.1) is 0 Å². The van der Waals surface area contributed by atoms with Gasteiger partial charge < -0.3 is 16.9 Å². The van der Waals surface area contributed by atoms with Crippen LogP contribution in [0.25, 0.3) is 0 Å². The first-order valence-corrected chi connectivity index (χ1v) is 5.11. The normalized spacial score (nSPS) is 9.67. The van der Waals surface area contributed by atoms with Gasteiger partial charge in [0.05, 0.1) is 0 Å². The van der Waals surface area contributed by atoms with Gasteiger partial charge in [-0.15, -0.1) is 5.10 Å². The first-order valence-electron chi connectivity index (χ1n) is 5.11. The SMILES string of the molecule is CCc1ccc(CCNN=C(N)N)cc1. The minimum Gasteiger partial charge on any atom is -0.369 e. The van der Waals surface area contributed by atoms with Gasteiger partial charge in [0.1, 0.15) is 0 Å². The van der Waals surface area contributed by atoms with Gasteiger partial charge in [0.15, 0.2) is 0 Å². The minimum atomic E-state index is 0.0660. The van der Waals surface area contributed by atoms with Gasteiger partial charge in [0, 0.05) is 6.54 Å². The first-order chi connectivity index (χ1) is 7.22. The van der Waals surface area contributed by atoms with Crippen molar-refractivity contribution in [1.82, 2.24) is 5.43 Å². The van der Waals surface area contributed by atoms with E-state index in [-0.39, 0.29) is 5.96 Å². The Labute approximate surface area is 90.4 Å². The Hall–Kier alpha value is -1.71. The number of aryl methyl sites for hydroxylation is 1. The van der Waals surface area contributed by atoms with Gasteiger partial charge >= 0.3 is 0 Å². The maximum atomic E-state index is 5.18. The Morgan fingerprint density at radius 3 is 2.33 bits per heavy atom. The van der Waals surface area contributed by atoms with Crippen molar-refractivity contribution in [3.63, 3.8) is 0 Å². The molecule has 0 saturated carbocycles.